The topological polar surface area (TPSA) is 76.4 Å². The molecule has 1 aliphatic rings. The minimum absolute atomic E-state index is 0.171. The lowest BCUT2D eigenvalue weighted by Gasteiger charge is -2.25. The van der Waals surface area contributed by atoms with Crippen molar-refractivity contribution in [2.24, 2.45) is 5.73 Å². The average Bonchev–Trinajstić information content (AvgIpc) is 2.37. The fourth-order valence-electron chi connectivity index (χ4n) is 2.23. The maximum Gasteiger partial charge on any atom is 0.573 e. The molecule has 0 atom stereocenters. The molecular weight excluding hydrogens is 287 g/mol. The van der Waals surface area contributed by atoms with Crippen LogP contribution in [0.25, 0.3) is 0 Å². The number of primary amides is 1. The summed E-state index contributed by atoms with van der Waals surface area (Å²) in [5, 5.41) is 6.33. The number of rotatable bonds is 4. The molecule has 2 rings (SSSR count). The molecule has 1 saturated heterocycles. The molecule has 0 bridgehead atoms. The molecule has 4 N–H and O–H groups in total. The van der Waals surface area contributed by atoms with Gasteiger partial charge >= 0.3 is 6.36 Å². The molecule has 0 aromatic heterocycles. The maximum absolute atomic E-state index is 12.4. The molecule has 1 fully saturated rings. The first kappa shape index (κ1) is 15.4. The van der Waals surface area contributed by atoms with Crippen LogP contribution in [0.5, 0.6) is 5.75 Å². The fourth-order valence-corrected chi connectivity index (χ4v) is 2.23. The summed E-state index contributed by atoms with van der Waals surface area (Å²) in [4.78, 5) is 11.2. The number of piperidine rings is 1. The summed E-state index contributed by atoms with van der Waals surface area (Å²) in [7, 11) is 0. The number of alkyl halides is 3. The first-order valence-electron chi connectivity index (χ1n) is 6.52. The third-order valence-electron chi connectivity index (χ3n) is 3.18. The molecule has 1 aliphatic heterocycles. The highest BCUT2D eigenvalue weighted by Gasteiger charge is 2.33. The van der Waals surface area contributed by atoms with Crippen LogP contribution in [0.1, 0.15) is 23.2 Å². The fraction of sp³-hybridized carbons (Fsp3) is 0.462. The van der Waals surface area contributed by atoms with E-state index >= 15 is 0 Å². The number of nitrogens with one attached hydrogen (secondary N) is 2. The first-order chi connectivity index (χ1) is 9.85. The summed E-state index contributed by atoms with van der Waals surface area (Å²) in [5.41, 5.74) is 5.21. The monoisotopic (exact) mass is 303 g/mol. The SMILES string of the molecule is NC(=O)c1ccc(NC2CCNCC2)cc1OC(F)(F)F. The van der Waals surface area contributed by atoms with Crippen molar-refractivity contribution in [2.45, 2.75) is 25.2 Å². The number of carbonyl (C=O) groups excluding carboxylic acids is 1. The summed E-state index contributed by atoms with van der Waals surface area (Å²) < 4.78 is 41.0. The molecular formula is C13H16F3N3O2. The van der Waals surface area contributed by atoms with Crippen LogP contribution in [0.2, 0.25) is 0 Å². The molecule has 1 amide bonds. The van der Waals surface area contributed by atoms with E-state index in [0.29, 0.717) is 5.69 Å². The molecule has 0 spiro atoms. The maximum atomic E-state index is 12.4. The Morgan fingerprint density at radius 1 is 1.33 bits per heavy atom. The van der Waals surface area contributed by atoms with Crippen molar-refractivity contribution in [2.75, 3.05) is 18.4 Å². The molecule has 1 heterocycles. The van der Waals surface area contributed by atoms with Gasteiger partial charge in [0.05, 0.1) is 5.56 Å². The number of benzene rings is 1. The van der Waals surface area contributed by atoms with E-state index < -0.39 is 18.0 Å². The molecule has 116 valence electrons. The third kappa shape index (κ3) is 4.52. The van der Waals surface area contributed by atoms with Crippen LogP contribution >= 0.6 is 0 Å². The van der Waals surface area contributed by atoms with Crippen LogP contribution in [0.4, 0.5) is 18.9 Å². The Kier molecular flexibility index (Phi) is 4.56. The number of nitrogens with two attached hydrogens (primary N) is 1. The number of ether oxygens (including phenoxy) is 1. The molecule has 5 nitrogen and oxygen atoms in total. The van der Waals surface area contributed by atoms with E-state index in [1.165, 1.54) is 12.1 Å². The lowest BCUT2D eigenvalue weighted by Crippen LogP contribution is -2.35. The lowest BCUT2D eigenvalue weighted by atomic mass is 10.1. The van der Waals surface area contributed by atoms with Gasteiger partial charge in [0.15, 0.2) is 0 Å². The highest BCUT2D eigenvalue weighted by molar-refractivity contribution is 5.96. The minimum atomic E-state index is -4.88. The van der Waals surface area contributed by atoms with Crippen LogP contribution in [0.15, 0.2) is 18.2 Å². The predicted molar refractivity (Wildman–Crippen MR) is 71.2 cm³/mol. The van der Waals surface area contributed by atoms with Gasteiger partial charge in [-0.05, 0) is 38.1 Å². The van der Waals surface area contributed by atoms with Gasteiger partial charge in [-0.15, -0.1) is 13.2 Å². The lowest BCUT2D eigenvalue weighted by molar-refractivity contribution is -0.274. The van der Waals surface area contributed by atoms with Gasteiger partial charge in [-0.3, -0.25) is 4.79 Å². The highest BCUT2D eigenvalue weighted by atomic mass is 19.4. The summed E-state index contributed by atoms with van der Waals surface area (Å²) in [6.07, 6.45) is -3.14. The van der Waals surface area contributed by atoms with Crippen molar-refractivity contribution in [3.63, 3.8) is 0 Å². The smallest absolute Gasteiger partial charge is 0.405 e. The van der Waals surface area contributed by atoms with Crippen LogP contribution in [-0.2, 0) is 0 Å². The largest absolute Gasteiger partial charge is 0.573 e. The molecule has 0 radical (unpaired) electrons. The van der Waals surface area contributed by atoms with Gasteiger partial charge in [0.2, 0.25) is 0 Å². The second kappa shape index (κ2) is 6.21. The van der Waals surface area contributed by atoms with E-state index in [1.54, 1.807) is 0 Å². The van der Waals surface area contributed by atoms with Crippen molar-refractivity contribution < 1.29 is 22.7 Å². The van der Waals surface area contributed by atoms with Crippen LogP contribution in [-0.4, -0.2) is 31.4 Å². The minimum Gasteiger partial charge on any atom is -0.405 e. The molecule has 0 saturated carbocycles. The highest BCUT2D eigenvalue weighted by Crippen LogP contribution is 2.29. The molecule has 1 aromatic rings. The van der Waals surface area contributed by atoms with E-state index in [-0.39, 0.29) is 11.6 Å². The summed E-state index contributed by atoms with van der Waals surface area (Å²) in [6.45, 7) is 1.70. The average molecular weight is 303 g/mol. The van der Waals surface area contributed by atoms with E-state index in [4.69, 9.17) is 5.73 Å². The Bertz CT molecular complexity index is 514. The number of halogens is 3. The zero-order valence-corrected chi connectivity index (χ0v) is 11.2. The summed E-state index contributed by atoms with van der Waals surface area (Å²) >= 11 is 0. The second-order valence-electron chi connectivity index (χ2n) is 4.79. The van der Waals surface area contributed by atoms with Crippen LogP contribution in [0.3, 0.4) is 0 Å². The Morgan fingerprint density at radius 3 is 2.57 bits per heavy atom. The molecule has 8 heteroatoms. The standard InChI is InChI=1S/C13H16F3N3O2/c14-13(15,16)21-11-7-9(1-2-10(11)12(17)20)19-8-3-5-18-6-4-8/h1-2,7-8,18-19H,3-6H2,(H2,17,20). The zero-order valence-electron chi connectivity index (χ0n) is 11.2. The van der Waals surface area contributed by atoms with E-state index in [9.17, 15) is 18.0 Å². The number of hydrogen-bond acceptors (Lipinski definition) is 4. The van der Waals surface area contributed by atoms with Gasteiger partial charge in [-0.2, -0.15) is 0 Å². The molecule has 0 unspecified atom stereocenters. The van der Waals surface area contributed by atoms with Crippen molar-refractivity contribution in [3.05, 3.63) is 23.8 Å². The Hall–Kier alpha value is -1.96. The molecule has 0 aliphatic carbocycles. The zero-order chi connectivity index (χ0) is 15.5. The number of carbonyl (C=O) groups is 1. The van der Waals surface area contributed by atoms with E-state index in [0.717, 1.165) is 32.0 Å². The van der Waals surface area contributed by atoms with Crippen molar-refractivity contribution >= 4 is 11.6 Å². The molecule has 21 heavy (non-hydrogen) atoms. The van der Waals surface area contributed by atoms with Gasteiger partial charge in [0, 0.05) is 17.8 Å². The Labute approximate surface area is 119 Å². The van der Waals surface area contributed by atoms with E-state index in [1.807, 2.05) is 0 Å². The van der Waals surface area contributed by atoms with Gasteiger partial charge in [0.1, 0.15) is 5.75 Å². The van der Waals surface area contributed by atoms with Crippen LogP contribution in [0, 0.1) is 0 Å². The quantitative estimate of drug-likeness (QED) is 0.793. The predicted octanol–water partition coefficient (Wildman–Crippen LogP) is 1.85. The Balaban J connectivity index is 2.19. The molecule has 1 aromatic carbocycles. The van der Waals surface area contributed by atoms with Crippen molar-refractivity contribution in [1.82, 2.24) is 5.32 Å². The number of hydrogen-bond donors (Lipinski definition) is 3. The normalized spacial score (nSPS) is 16.5. The van der Waals surface area contributed by atoms with Gasteiger partial charge in [-0.1, -0.05) is 0 Å². The van der Waals surface area contributed by atoms with Crippen LogP contribution < -0.4 is 21.1 Å². The van der Waals surface area contributed by atoms with Gasteiger partial charge in [-0.25, -0.2) is 0 Å². The third-order valence-corrected chi connectivity index (χ3v) is 3.18. The van der Waals surface area contributed by atoms with Gasteiger partial charge in [0.25, 0.3) is 5.91 Å². The van der Waals surface area contributed by atoms with Crippen molar-refractivity contribution in [1.29, 1.82) is 0 Å². The first-order valence-corrected chi connectivity index (χ1v) is 6.52. The van der Waals surface area contributed by atoms with E-state index in [2.05, 4.69) is 15.4 Å². The number of anilines is 1. The second-order valence-corrected chi connectivity index (χ2v) is 4.79. The van der Waals surface area contributed by atoms with Crippen molar-refractivity contribution in [3.8, 4) is 5.75 Å². The number of amides is 1. The summed E-state index contributed by atoms with van der Waals surface area (Å²) in [6, 6.07) is 4.07. The van der Waals surface area contributed by atoms with Gasteiger partial charge < -0.3 is 21.1 Å². The summed E-state index contributed by atoms with van der Waals surface area (Å²) in [5.74, 6) is -1.56. The Morgan fingerprint density at radius 2 is 2.00 bits per heavy atom.